The summed E-state index contributed by atoms with van der Waals surface area (Å²) in [6, 6.07) is 1.42. The Balaban J connectivity index is 2.35. The fourth-order valence-electron chi connectivity index (χ4n) is 1.45. The van der Waals surface area contributed by atoms with Gasteiger partial charge in [-0.2, -0.15) is 0 Å². The first-order valence-corrected chi connectivity index (χ1v) is 4.61. The molecule has 0 radical (unpaired) electrons. The summed E-state index contributed by atoms with van der Waals surface area (Å²) < 4.78 is 18.3. The molecule has 2 rings (SSSR count). The molecule has 0 amide bonds. The molecular weight excluding hydrogens is 185 g/mol. The second-order valence-corrected chi connectivity index (χ2v) is 3.55. The number of nitrogens with zero attached hydrogens (tertiary/aromatic N) is 1. The molecule has 1 fully saturated rings. The van der Waals surface area contributed by atoms with Gasteiger partial charge in [-0.3, -0.25) is 4.98 Å². The van der Waals surface area contributed by atoms with Gasteiger partial charge < -0.3 is 9.84 Å². The second kappa shape index (κ2) is 3.29. The average Bonchev–Trinajstić information content (AvgIpc) is 2.14. The average molecular weight is 197 g/mol. The monoisotopic (exact) mass is 197 g/mol. The third kappa shape index (κ3) is 1.40. The highest BCUT2D eigenvalue weighted by molar-refractivity contribution is 5.22. The van der Waals surface area contributed by atoms with Gasteiger partial charge in [0.15, 0.2) is 5.60 Å². The van der Waals surface area contributed by atoms with Crippen LogP contribution in [0, 0.1) is 5.82 Å². The maximum Gasteiger partial charge on any atom is 0.156 e. The van der Waals surface area contributed by atoms with Crippen molar-refractivity contribution < 1.29 is 14.2 Å². The largest absolute Gasteiger partial charge is 0.379 e. The Labute approximate surface area is 81.5 Å². The van der Waals surface area contributed by atoms with Gasteiger partial charge in [-0.15, -0.1) is 0 Å². The summed E-state index contributed by atoms with van der Waals surface area (Å²) >= 11 is 0. The van der Waals surface area contributed by atoms with Crippen molar-refractivity contribution >= 4 is 0 Å². The van der Waals surface area contributed by atoms with Crippen LogP contribution in [0.15, 0.2) is 12.3 Å². The number of halogens is 1. The molecule has 3 nitrogen and oxygen atoms in total. The highest BCUT2D eigenvalue weighted by atomic mass is 19.1. The van der Waals surface area contributed by atoms with E-state index in [0.29, 0.717) is 0 Å². The van der Waals surface area contributed by atoms with E-state index in [-0.39, 0.29) is 18.9 Å². The van der Waals surface area contributed by atoms with Gasteiger partial charge in [0.1, 0.15) is 11.5 Å². The van der Waals surface area contributed by atoms with Crippen LogP contribution in [0.2, 0.25) is 0 Å². The van der Waals surface area contributed by atoms with Crippen molar-refractivity contribution in [2.45, 2.75) is 18.9 Å². The van der Waals surface area contributed by atoms with Crippen molar-refractivity contribution in [1.82, 2.24) is 4.98 Å². The molecule has 2 heterocycles. The first-order chi connectivity index (χ1) is 6.65. The predicted molar refractivity (Wildman–Crippen MR) is 48.3 cm³/mol. The molecule has 0 atom stereocenters. The van der Waals surface area contributed by atoms with Crippen LogP contribution in [0.5, 0.6) is 0 Å². The van der Waals surface area contributed by atoms with Crippen LogP contribution < -0.4 is 0 Å². The first kappa shape index (κ1) is 9.55. The maximum atomic E-state index is 13.5. The zero-order valence-electron chi connectivity index (χ0n) is 7.96. The van der Waals surface area contributed by atoms with Crippen molar-refractivity contribution in [1.29, 1.82) is 0 Å². The Kier molecular flexibility index (Phi) is 2.25. The molecule has 0 aromatic carbocycles. The van der Waals surface area contributed by atoms with Gasteiger partial charge in [0.2, 0.25) is 0 Å². The Morgan fingerprint density at radius 3 is 2.79 bits per heavy atom. The van der Waals surface area contributed by atoms with Crippen molar-refractivity contribution in [2.24, 2.45) is 0 Å². The van der Waals surface area contributed by atoms with Crippen LogP contribution in [-0.2, 0) is 16.8 Å². The van der Waals surface area contributed by atoms with E-state index >= 15 is 0 Å². The molecule has 1 N–H and O–H groups in total. The Morgan fingerprint density at radius 2 is 2.36 bits per heavy atom. The summed E-state index contributed by atoms with van der Waals surface area (Å²) in [4.78, 5) is 3.94. The van der Waals surface area contributed by atoms with E-state index in [9.17, 15) is 9.50 Å². The van der Waals surface area contributed by atoms with Crippen LogP contribution in [0.3, 0.4) is 0 Å². The molecule has 1 aliphatic rings. The van der Waals surface area contributed by atoms with Crippen molar-refractivity contribution in [2.75, 3.05) is 13.2 Å². The molecule has 4 heteroatoms. The number of hydrogen-bond donors (Lipinski definition) is 1. The lowest BCUT2D eigenvalue weighted by Crippen LogP contribution is -2.47. The molecule has 76 valence electrons. The SMILES string of the molecule is CCc1cnc(C2(O)COC2)c(F)c1. The molecule has 0 bridgehead atoms. The summed E-state index contributed by atoms with van der Waals surface area (Å²) in [6.45, 7) is 2.18. The molecule has 1 aromatic heterocycles. The normalized spacial score (nSPS) is 19.1. The molecule has 1 aromatic rings. The molecule has 1 saturated heterocycles. The topological polar surface area (TPSA) is 42.4 Å². The lowest BCUT2D eigenvalue weighted by Gasteiger charge is -2.35. The van der Waals surface area contributed by atoms with Crippen molar-refractivity contribution in [3.05, 3.63) is 29.3 Å². The lowest BCUT2D eigenvalue weighted by atomic mass is 9.96. The van der Waals surface area contributed by atoms with E-state index in [1.165, 1.54) is 6.07 Å². The minimum atomic E-state index is -1.21. The summed E-state index contributed by atoms with van der Waals surface area (Å²) in [6.07, 6.45) is 2.33. The lowest BCUT2D eigenvalue weighted by molar-refractivity contribution is -0.188. The number of rotatable bonds is 2. The number of pyridine rings is 1. The van der Waals surface area contributed by atoms with Crippen LogP contribution in [0.4, 0.5) is 4.39 Å². The zero-order valence-corrected chi connectivity index (χ0v) is 7.96. The smallest absolute Gasteiger partial charge is 0.156 e. The van der Waals surface area contributed by atoms with E-state index in [0.717, 1.165) is 12.0 Å². The van der Waals surface area contributed by atoms with Crippen molar-refractivity contribution in [3.8, 4) is 0 Å². The Hall–Kier alpha value is -1.00. The van der Waals surface area contributed by atoms with E-state index in [2.05, 4.69) is 4.98 Å². The highest BCUT2D eigenvalue weighted by Crippen LogP contribution is 2.29. The number of aliphatic hydroxyl groups is 1. The fourth-order valence-corrected chi connectivity index (χ4v) is 1.45. The molecular formula is C10H12FNO2. The second-order valence-electron chi connectivity index (χ2n) is 3.55. The maximum absolute atomic E-state index is 13.5. The minimum Gasteiger partial charge on any atom is -0.379 e. The highest BCUT2D eigenvalue weighted by Gasteiger charge is 2.41. The summed E-state index contributed by atoms with van der Waals surface area (Å²) in [5.41, 5.74) is -0.285. The third-order valence-corrected chi connectivity index (χ3v) is 2.43. The van der Waals surface area contributed by atoms with Gasteiger partial charge in [0, 0.05) is 6.20 Å². The van der Waals surface area contributed by atoms with Gasteiger partial charge in [0.25, 0.3) is 0 Å². The molecule has 0 unspecified atom stereocenters. The minimum absolute atomic E-state index is 0.0981. The van der Waals surface area contributed by atoms with E-state index < -0.39 is 11.4 Å². The van der Waals surface area contributed by atoms with Crippen molar-refractivity contribution in [3.63, 3.8) is 0 Å². The number of ether oxygens (including phenoxy) is 1. The van der Waals surface area contributed by atoms with Gasteiger partial charge in [-0.25, -0.2) is 4.39 Å². The predicted octanol–water partition coefficient (Wildman–Crippen LogP) is 1.00. The van der Waals surface area contributed by atoms with E-state index in [1.54, 1.807) is 6.20 Å². The van der Waals surface area contributed by atoms with Crippen LogP contribution >= 0.6 is 0 Å². The Morgan fingerprint density at radius 1 is 1.64 bits per heavy atom. The number of aryl methyl sites for hydroxylation is 1. The first-order valence-electron chi connectivity index (χ1n) is 4.61. The molecule has 0 aliphatic carbocycles. The van der Waals surface area contributed by atoms with E-state index in [4.69, 9.17) is 4.74 Å². The van der Waals surface area contributed by atoms with Gasteiger partial charge in [-0.1, -0.05) is 6.92 Å². The molecule has 1 aliphatic heterocycles. The number of hydrogen-bond acceptors (Lipinski definition) is 3. The standard InChI is InChI=1S/C10H12FNO2/c1-2-7-3-8(11)9(12-4-7)10(13)5-14-6-10/h3-4,13H,2,5-6H2,1H3. The number of aromatic nitrogens is 1. The fraction of sp³-hybridized carbons (Fsp3) is 0.500. The van der Waals surface area contributed by atoms with Gasteiger partial charge in [0.05, 0.1) is 13.2 Å². The van der Waals surface area contributed by atoms with Crippen LogP contribution in [0.1, 0.15) is 18.2 Å². The summed E-state index contributed by atoms with van der Waals surface area (Å²) in [5, 5.41) is 9.80. The quantitative estimate of drug-likeness (QED) is 0.769. The molecule has 14 heavy (non-hydrogen) atoms. The van der Waals surface area contributed by atoms with E-state index in [1.807, 2.05) is 6.92 Å². The third-order valence-electron chi connectivity index (χ3n) is 2.43. The molecule has 0 saturated carbocycles. The Bertz CT molecular complexity index is 350. The van der Waals surface area contributed by atoms with Crippen LogP contribution in [-0.4, -0.2) is 23.3 Å². The van der Waals surface area contributed by atoms with Crippen LogP contribution in [0.25, 0.3) is 0 Å². The summed E-state index contributed by atoms with van der Waals surface area (Å²) in [5.74, 6) is -0.449. The van der Waals surface area contributed by atoms with Gasteiger partial charge in [-0.05, 0) is 18.1 Å². The molecule has 0 spiro atoms. The van der Waals surface area contributed by atoms with Gasteiger partial charge >= 0.3 is 0 Å². The summed E-state index contributed by atoms with van der Waals surface area (Å²) in [7, 11) is 0. The zero-order chi connectivity index (χ0) is 10.2.